The second kappa shape index (κ2) is 20.7. The van der Waals surface area contributed by atoms with Crippen LogP contribution in [0.3, 0.4) is 0 Å². The summed E-state index contributed by atoms with van der Waals surface area (Å²) in [5.74, 6) is 0. The van der Waals surface area contributed by atoms with Crippen LogP contribution in [0.25, 0.3) is 0 Å². The van der Waals surface area contributed by atoms with E-state index in [1.807, 2.05) is 36.6 Å². The molecule has 0 saturated carbocycles. The maximum absolute atomic E-state index is 9.89. The van der Waals surface area contributed by atoms with Gasteiger partial charge in [-0.15, -0.1) is 0 Å². The molecule has 0 N–H and O–H groups in total. The van der Waals surface area contributed by atoms with E-state index < -0.39 is 0 Å². The number of hydrogen-bond acceptors (Lipinski definition) is 1. The molecule has 0 saturated heterocycles. The molecule has 0 radical (unpaired) electrons. The average molecular weight is 319 g/mol. The summed E-state index contributed by atoms with van der Waals surface area (Å²) < 4.78 is 0. The second-order valence-corrected chi connectivity index (χ2v) is 4.80. The molecule has 1 aromatic carbocycles. The third-order valence-electron chi connectivity index (χ3n) is 2.99. The van der Waals surface area contributed by atoms with Crippen LogP contribution in [0, 0.1) is 6.07 Å². The minimum Gasteiger partial charge on any atom is -0.542 e. The van der Waals surface area contributed by atoms with Gasteiger partial charge < -0.3 is 4.79 Å². The molecular formula is C18H28NiO. The van der Waals surface area contributed by atoms with Crippen molar-refractivity contribution in [2.24, 2.45) is 0 Å². The van der Waals surface area contributed by atoms with E-state index in [2.05, 4.69) is 13.0 Å². The second-order valence-electron chi connectivity index (χ2n) is 4.80. The molecule has 0 spiro atoms. The number of hydrogen-bond donors (Lipinski definition) is 0. The summed E-state index contributed by atoms with van der Waals surface area (Å²) in [4.78, 5) is 9.89. The van der Waals surface area contributed by atoms with Crippen molar-refractivity contribution in [2.75, 3.05) is 0 Å². The summed E-state index contributed by atoms with van der Waals surface area (Å²) in [6.45, 7) is 2.25. The van der Waals surface area contributed by atoms with Crippen LogP contribution in [0.5, 0.6) is 0 Å². The van der Waals surface area contributed by atoms with Gasteiger partial charge in [0.25, 0.3) is 0 Å². The van der Waals surface area contributed by atoms with Gasteiger partial charge in [-0.2, -0.15) is 42.8 Å². The van der Waals surface area contributed by atoms with Gasteiger partial charge in [-0.25, -0.2) is 0 Å². The third-order valence-corrected chi connectivity index (χ3v) is 2.99. The van der Waals surface area contributed by atoms with E-state index in [4.69, 9.17) is 0 Å². The Hall–Kier alpha value is -0.616. The summed E-state index contributed by atoms with van der Waals surface area (Å²) in [7, 11) is 0. The molecule has 0 aromatic heterocycles. The van der Waals surface area contributed by atoms with E-state index in [-0.39, 0.29) is 16.5 Å². The van der Waals surface area contributed by atoms with E-state index in [9.17, 15) is 4.79 Å². The number of carbonyl (C=O) groups excluding carboxylic acids is 1. The molecule has 1 rings (SSSR count). The molecule has 1 nitrogen and oxygen atoms in total. The Bertz CT molecular complexity index is 235. The summed E-state index contributed by atoms with van der Waals surface area (Å²) in [5.41, 5.74) is 0. The first-order chi connectivity index (χ1) is 9.41. The van der Waals surface area contributed by atoms with Gasteiger partial charge in [-0.1, -0.05) is 64.7 Å². The zero-order chi connectivity index (χ0) is 14.0. The van der Waals surface area contributed by atoms with Gasteiger partial charge in [0, 0.05) is 0 Å². The normalized spacial score (nSPS) is 9.05. The fourth-order valence-corrected chi connectivity index (χ4v) is 1.85. The molecule has 0 aliphatic heterocycles. The smallest absolute Gasteiger partial charge is 0.542 e. The predicted molar refractivity (Wildman–Crippen MR) is 82.8 cm³/mol. The summed E-state index contributed by atoms with van der Waals surface area (Å²) in [6, 6.07) is 12.5. The van der Waals surface area contributed by atoms with Gasteiger partial charge in [-0.3, -0.25) is 6.29 Å². The molecule has 0 amide bonds. The van der Waals surface area contributed by atoms with Crippen molar-refractivity contribution >= 4 is 6.29 Å². The molecule has 0 fully saturated rings. The van der Waals surface area contributed by atoms with Crippen LogP contribution in [0.1, 0.15) is 71.1 Å². The Morgan fingerprint density at radius 1 is 0.800 bits per heavy atom. The van der Waals surface area contributed by atoms with Gasteiger partial charge in [0.05, 0.1) is 0 Å². The molecular weight excluding hydrogens is 291 g/mol. The van der Waals surface area contributed by atoms with Crippen LogP contribution < -0.4 is 0 Å². The zero-order valence-electron chi connectivity index (χ0n) is 12.7. The Kier molecular flexibility index (Phi) is 22.4. The Morgan fingerprint density at radius 3 is 1.65 bits per heavy atom. The van der Waals surface area contributed by atoms with Crippen LogP contribution in [-0.4, -0.2) is 6.29 Å². The first kappa shape index (κ1) is 21.7. The summed E-state index contributed by atoms with van der Waals surface area (Å²) >= 11 is 0. The van der Waals surface area contributed by atoms with E-state index in [1.165, 1.54) is 51.4 Å². The first-order valence-corrected chi connectivity index (χ1v) is 7.68. The van der Waals surface area contributed by atoms with Gasteiger partial charge in [-0.05, 0) is 0 Å². The van der Waals surface area contributed by atoms with Crippen LogP contribution in [-0.2, 0) is 21.3 Å². The monoisotopic (exact) mass is 318 g/mol. The molecule has 0 aliphatic rings. The van der Waals surface area contributed by atoms with E-state index in [0.29, 0.717) is 6.42 Å². The van der Waals surface area contributed by atoms with Crippen LogP contribution >= 0.6 is 0 Å². The maximum Gasteiger partial charge on any atom is 2.00 e. The Morgan fingerprint density at radius 2 is 1.30 bits per heavy atom. The van der Waals surface area contributed by atoms with Crippen LogP contribution in [0.15, 0.2) is 30.3 Å². The van der Waals surface area contributed by atoms with Crippen molar-refractivity contribution < 1.29 is 21.3 Å². The minimum absolute atomic E-state index is 0. The fraction of sp³-hybridized carbons (Fsp3) is 0.611. The standard InChI is InChI=1S/C12H23O.C6H5.Ni/c1-2-3-4-5-6-7-8-9-10-11-12-13;1-2-4-6-5-3-1;/h2-11H2,1H3;1-5H;/q2*-1;+2. The first-order valence-electron chi connectivity index (χ1n) is 7.68. The summed E-state index contributed by atoms with van der Waals surface area (Å²) in [6.07, 6.45) is 14.4. The fourth-order valence-electron chi connectivity index (χ4n) is 1.85. The molecule has 0 unspecified atom stereocenters. The predicted octanol–water partition coefficient (Wildman–Crippen LogP) is 5.50. The molecule has 2 heteroatoms. The van der Waals surface area contributed by atoms with Gasteiger partial charge in [0.1, 0.15) is 0 Å². The van der Waals surface area contributed by atoms with Crippen LogP contribution in [0.4, 0.5) is 0 Å². The van der Waals surface area contributed by atoms with Crippen molar-refractivity contribution in [2.45, 2.75) is 71.1 Å². The van der Waals surface area contributed by atoms with E-state index in [1.54, 1.807) is 0 Å². The quantitative estimate of drug-likeness (QED) is 0.316. The van der Waals surface area contributed by atoms with Crippen molar-refractivity contribution in [3.63, 3.8) is 0 Å². The summed E-state index contributed by atoms with van der Waals surface area (Å²) in [5, 5.41) is 0. The third kappa shape index (κ3) is 19.7. The van der Waals surface area contributed by atoms with E-state index in [0.717, 1.165) is 6.42 Å². The molecule has 1 aromatic rings. The topological polar surface area (TPSA) is 17.1 Å². The van der Waals surface area contributed by atoms with Gasteiger partial charge in [0.15, 0.2) is 0 Å². The number of benzene rings is 1. The number of unbranched alkanes of at least 4 members (excludes halogenated alkanes) is 9. The minimum atomic E-state index is 0. The van der Waals surface area contributed by atoms with Crippen molar-refractivity contribution in [1.29, 1.82) is 0 Å². The zero-order valence-corrected chi connectivity index (χ0v) is 13.7. The maximum atomic E-state index is 9.89. The van der Waals surface area contributed by atoms with Crippen molar-refractivity contribution in [3.8, 4) is 0 Å². The molecule has 0 aliphatic carbocycles. The van der Waals surface area contributed by atoms with Crippen molar-refractivity contribution in [1.82, 2.24) is 0 Å². The largest absolute Gasteiger partial charge is 2.00 e. The molecule has 0 atom stereocenters. The Labute approximate surface area is 135 Å². The van der Waals surface area contributed by atoms with Crippen molar-refractivity contribution in [3.05, 3.63) is 36.4 Å². The molecule has 0 bridgehead atoms. The number of rotatable bonds is 10. The van der Waals surface area contributed by atoms with Gasteiger partial charge in [0.2, 0.25) is 0 Å². The van der Waals surface area contributed by atoms with Crippen LogP contribution in [0.2, 0.25) is 0 Å². The Balaban J connectivity index is 0. The SMILES string of the molecule is CCCCCCCCCCC[C-]=O.[Ni+2].[c-]1ccccc1. The molecule has 20 heavy (non-hydrogen) atoms. The molecule has 0 heterocycles. The van der Waals surface area contributed by atoms with E-state index >= 15 is 0 Å². The van der Waals surface area contributed by atoms with Gasteiger partial charge >= 0.3 is 16.5 Å². The average Bonchev–Trinajstić information content (AvgIpc) is 2.48. The molecule has 116 valence electrons.